The Bertz CT molecular complexity index is 368. The predicted molar refractivity (Wildman–Crippen MR) is 51.7 cm³/mol. The van der Waals surface area contributed by atoms with Gasteiger partial charge in [0.15, 0.2) is 11.6 Å². The highest BCUT2D eigenvalue weighted by molar-refractivity contribution is 5.73. The van der Waals surface area contributed by atoms with Gasteiger partial charge in [-0.15, -0.1) is 0 Å². The Morgan fingerprint density at radius 2 is 2.00 bits per heavy atom. The molecule has 0 radical (unpaired) electrons. The van der Waals surface area contributed by atoms with E-state index in [-0.39, 0.29) is 6.42 Å². The van der Waals surface area contributed by atoms with E-state index in [0.717, 1.165) is 12.1 Å². The molecule has 82 valence electrons. The Hall–Kier alpha value is -1.49. The van der Waals surface area contributed by atoms with Crippen molar-refractivity contribution in [2.75, 3.05) is 0 Å². The molecule has 0 aliphatic heterocycles. The topological polar surface area (TPSA) is 69.1 Å². The first-order chi connectivity index (χ1) is 7.00. The van der Waals surface area contributed by atoms with Crippen molar-refractivity contribution in [1.82, 2.24) is 0 Å². The van der Waals surface area contributed by atoms with Crippen molar-refractivity contribution in [3.8, 4) is 0 Å². The average molecular weight is 214 g/mol. The molecule has 0 spiro atoms. The van der Waals surface area contributed by atoms with Gasteiger partial charge in [0.1, 0.15) is 0 Å². The summed E-state index contributed by atoms with van der Waals surface area (Å²) in [6.07, 6.45) is 0.445. The quantitative estimate of drug-likeness (QED) is 0.791. The van der Waals surface area contributed by atoms with Crippen molar-refractivity contribution in [3.05, 3.63) is 35.4 Å². The minimum atomic E-state index is -0.943. The minimum absolute atomic E-state index is 0.125. The summed E-state index contributed by atoms with van der Waals surface area (Å²) in [5.41, 5.74) is 11.1. The molecular weight excluding hydrogens is 202 g/mol. The zero-order valence-corrected chi connectivity index (χ0v) is 8.04. The third kappa shape index (κ3) is 3.28. The number of hydrogen-bond donors (Lipinski definition) is 2. The second-order valence-electron chi connectivity index (χ2n) is 3.29. The highest BCUT2D eigenvalue weighted by Gasteiger charge is 2.10. The summed E-state index contributed by atoms with van der Waals surface area (Å²) in [5.74, 6) is -2.32. The molecule has 5 heteroatoms. The first kappa shape index (κ1) is 11.6. The molecule has 0 heterocycles. The molecule has 0 aliphatic carbocycles. The van der Waals surface area contributed by atoms with E-state index in [4.69, 9.17) is 11.5 Å². The molecule has 4 N–H and O–H groups in total. The van der Waals surface area contributed by atoms with Crippen LogP contribution in [0.15, 0.2) is 18.2 Å². The van der Waals surface area contributed by atoms with Crippen LogP contribution in [0, 0.1) is 11.6 Å². The summed E-state index contributed by atoms with van der Waals surface area (Å²) in [7, 11) is 0. The van der Waals surface area contributed by atoms with Gasteiger partial charge in [-0.3, -0.25) is 4.79 Å². The Morgan fingerprint density at radius 1 is 1.33 bits per heavy atom. The maximum absolute atomic E-state index is 12.8. The summed E-state index contributed by atoms with van der Waals surface area (Å²) >= 11 is 0. The zero-order valence-electron chi connectivity index (χ0n) is 8.04. The van der Waals surface area contributed by atoms with Crippen molar-refractivity contribution >= 4 is 5.91 Å². The standard InChI is InChI=1S/C10H12F2N2O/c11-7-2-1-6(5-8(7)12)9(13)3-4-10(14)15/h1-2,5,9H,3-4,13H2,(H2,14,15). The van der Waals surface area contributed by atoms with Gasteiger partial charge < -0.3 is 11.5 Å². The number of carbonyl (C=O) groups excluding carboxylic acids is 1. The Balaban J connectivity index is 2.69. The fourth-order valence-corrected chi connectivity index (χ4v) is 1.21. The van der Waals surface area contributed by atoms with Crippen molar-refractivity contribution in [2.45, 2.75) is 18.9 Å². The number of hydrogen-bond acceptors (Lipinski definition) is 2. The highest BCUT2D eigenvalue weighted by atomic mass is 19.2. The van der Waals surface area contributed by atoms with Crippen LogP contribution in [-0.2, 0) is 4.79 Å². The van der Waals surface area contributed by atoms with Crippen LogP contribution in [0.1, 0.15) is 24.4 Å². The van der Waals surface area contributed by atoms with Crippen LogP contribution in [0.3, 0.4) is 0 Å². The molecular formula is C10H12F2N2O. The number of halogens is 2. The maximum Gasteiger partial charge on any atom is 0.217 e. The van der Waals surface area contributed by atoms with Gasteiger partial charge in [0.25, 0.3) is 0 Å². The lowest BCUT2D eigenvalue weighted by Gasteiger charge is -2.10. The third-order valence-electron chi connectivity index (χ3n) is 2.07. The molecule has 0 aliphatic rings. The molecule has 1 aromatic rings. The first-order valence-electron chi connectivity index (χ1n) is 4.49. The Morgan fingerprint density at radius 3 is 2.53 bits per heavy atom. The van der Waals surface area contributed by atoms with Gasteiger partial charge in [-0.1, -0.05) is 6.07 Å². The van der Waals surface area contributed by atoms with Crippen molar-refractivity contribution in [2.24, 2.45) is 11.5 Å². The maximum atomic E-state index is 12.8. The fourth-order valence-electron chi connectivity index (χ4n) is 1.21. The molecule has 0 bridgehead atoms. The normalized spacial score (nSPS) is 12.5. The van der Waals surface area contributed by atoms with Crippen LogP contribution in [0.25, 0.3) is 0 Å². The molecule has 1 rings (SSSR count). The highest BCUT2D eigenvalue weighted by Crippen LogP contribution is 2.18. The number of nitrogens with two attached hydrogens (primary N) is 2. The molecule has 1 atom stereocenters. The van der Waals surface area contributed by atoms with Crippen molar-refractivity contribution in [1.29, 1.82) is 0 Å². The number of rotatable bonds is 4. The van der Waals surface area contributed by atoms with Crippen LogP contribution < -0.4 is 11.5 Å². The van der Waals surface area contributed by atoms with Gasteiger partial charge in [0.2, 0.25) is 5.91 Å². The van der Waals surface area contributed by atoms with Crippen LogP contribution >= 0.6 is 0 Å². The summed E-state index contributed by atoms with van der Waals surface area (Å²) in [5, 5.41) is 0. The first-order valence-corrected chi connectivity index (χ1v) is 4.49. The van der Waals surface area contributed by atoms with E-state index < -0.39 is 23.6 Å². The summed E-state index contributed by atoms with van der Waals surface area (Å²) in [6.45, 7) is 0. The molecule has 1 amide bonds. The SMILES string of the molecule is NC(=O)CCC(N)c1ccc(F)c(F)c1. The number of amides is 1. The summed E-state index contributed by atoms with van der Waals surface area (Å²) in [4.78, 5) is 10.5. The van der Waals surface area contributed by atoms with Gasteiger partial charge in [0, 0.05) is 12.5 Å². The fraction of sp³-hybridized carbons (Fsp3) is 0.300. The molecule has 0 fully saturated rings. The van der Waals surface area contributed by atoms with Gasteiger partial charge in [-0.05, 0) is 24.1 Å². The molecule has 1 aromatic carbocycles. The largest absolute Gasteiger partial charge is 0.370 e. The zero-order chi connectivity index (χ0) is 11.4. The van der Waals surface area contributed by atoms with Crippen LogP contribution in [-0.4, -0.2) is 5.91 Å². The molecule has 0 aromatic heterocycles. The van der Waals surface area contributed by atoms with Crippen LogP contribution in [0.5, 0.6) is 0 Å². The van der Waals surface area contributed by atoms with E-state index in [9.17, 15) is 13.6 Å². The predicted octanol–water partition coefficient (Wildman–Crippen LogP) is 1.23. The van der Waals surface area contributed by atoms with E-state index in [0.29, 0.717) is 12.0 Å². The van der Waals surface area contributed by atoms with Crippen molar-refractivity contribution < 1.29 is 13.6 Å². The third-order valence-corrected chi connectivity index (χ3v) is 2.07. The Kier molecular flexibility index (Phi) is 3.74. The van der Waals surface area contributed by atoms with Crippen molar-refractivity contribution in [3.63, 3.8) is 0 Å². The molecule has 1 unspecified atom stereocenters. The smallest absolute Gasteiger partial charge is 0.217 e. The van der Waals surface area contributed by atoms with E-state index in [1.54, 1.807) is 0 Å². The lowest BCUT2D eigenvalue weighted by Crippen LogP contribution is -2.16. The van der Waals surface area contributed by atoms with E-state index in [1.807, 2.05) is 0 Å². The lowest BCUT2D eigenvalue weighted by molar-refractivity contribution is -0.118. The number of primary amides is 1. The average Bonchev–Trinajstić information content (AvgIpc) is 2.18. The Labute approximate surface area is 86.1 Å². The van der Waals surface area contributed by atoms with Gasteiger partial charge in [-0.2, -0.15) is 0 Å². The molecule has 0 saturated carbocycles. The minimum Gasteiger partial charge on any atom is -0.370 e. The second-order valence-corrected chi connectivity index (χ2v) is 3.29. The molecule has 3 nitrogen and oxygen atoms in total. The monoisotopic (exact) mass is 214 g/mol. The van der Waals surface area contributed by atoms with Crippen LogP contribution in [0.4, 0.5) is 8.78 Å². The van der Waals surface area contributed by atoms with Gasteiger partial charge >= 0.3 is 0 Å². The summed E-state index contributed by atoms with van der Waals surface area (Å²) < 4.78 is 25.4. The molecule has 0 saturated heterocycles. The molecule has 15 heavy (non-hydrogen) atoms. The van der Waals surface area contributed by atoms with Crippen LogP contribution in [0.2, 0.25) is 0 Å². The van der Waals surface area contributed by atoms with E-state index in [1.165, 1.54) is 6.07 Å². The van der Waals surface area contributed by atoms with Gasteiger partial charge in [0.05, 0.1) is 0 Å². The second kappa shape index (κ2) is 4.84. The van der Waals surface area contributed by atoms with E-state index in [2.05, 4.69) is 0 Å². The number of benzene rings is 1. The lowest BCUT2D eigenvalue weighted by atomic mass is 10.0. The van der Waals surface area contributed by atoms with E-state index >= 15 is 0 Å². The van der Waals surface area contributed by atoms with Gasteiger partial charge in [-0.25, -0.2) is 8.78 Å². The summed E-state index contributed by atoms with van der Waals surface area (Å²) in [6, 6.07) is 2.92. The number of carbonyl (C=O) groups is 1.